The van der Waals surface area contributed by atoms with Crippen LogP contribution in [-0.4, -0.2) is 29.2 Å². The van der Waals surface area contributed by atoms with Gasteiger partial charge in [-0.25, -0.2) is 9.97 Å². The Balaban J connectivity index is 1.91. The van der Waals surface area contributed by atoms with E-state index in [0.29, 0.717) is 6.10 Å². The van der Waals surface area contributed by atoms with Crippen molar-refractivity contribution in [3.63, 3.8) is 0 Å². The number of hydrogen-bond acceptors (Lipinski definition) is 4. The first-order valence-electron chi connectivity index (χ1n) is 5.57. The molecule has 0 aromatic carbocycles. The van der Waals surface area contributed by atoms with Crippen LogP contribution in [0.15, 0.2) is 12.4 Å². The van der Waals surface area contributed by atoms with Crippen LogP contribution in [0.2, 0.25) is 0 Å². The summed E-state index contributed by atoms with van der Waals surface area (Å²) >= 11 is 0. The molecule has 82 valence electrons. The molecule has 0 bridgehead atoms. The molecule has 1 fully saturated rings. The number of piperidine rings is 1. The Morgan fingerprint density at radius 2 is 2.00 bits per heavy atom. The van der Waals surface area contributed by atoms with Gasteiger partial charge in [0.15, 0.2) is 5.75 Å². The molecule has 0 aliphatic carbocycles. The lowest BCUT2D eigenvalue weighted by molar-refractivity contribution is 0.161. The first-order chi connectivity index (χ1) is 7.38. The highest BCUT2D eigenvalue weighted by Gasteiger charge is 2.14. The summed E-state index contributed by atoms with van der Waals surface area (Å²) in [6.45, 7) is 4.12. The van der Waals surface area contributed by atoms with Crippen molar-refractivity contribution < 1.29 is 4.74 Å². The van der Waals surface area contributed by atoms with Crippen molar-refractivity contribution in [2.24, 2.45) is 0 Å². The van der Waals surface area contributed by atoms with Gasteiger partial charge in [0.05, 0.1) is 12.4 Å². The van der Waals surface area contributed by atoms with Gasteiger partial charge in [0, 0.05) is 6.42 Å². The van der Waals surface area contributed by atoms with Crippen LogP contribution in [0.25, 0.3) is 0 Å². The quantitative estimate of drug-likeness (QED) is 0.808. The number of aryl methyl sites for hydroxylation is 1. The Bertz CT molecular complexity index is 293. The zero-order valence-electron chi connectivity index (χ0n) is 9.07. The van der Waals surface area contributed by atoms with Gasteiger partial charge < -0.3 is 10.1 Å². The van der Waals surface area contributed by atoms with Crippen LogP contribution >= 0.6 is 0 Å². The largest absolute Gasteiger partial charge is 0.487 e. The fraction of sp³-hybridized carbons (Fsp3) is 0.636. The van der Waals surface area contributed by atoms with Gasteiger partial charge in [-0.2, -0.15) is 0 Å². The molecule has 0 saturated carbocycles. The smallest absolute Gasteiger partial charge is 0.156 e. The molecular formula is C11H17N3O. The Morgan fingerprint density at radius 3 is 2.60 bits per heavy atom. The molecule has 1 aromatic heterocycles. The molecule has 0 radical (unpaired) electrons. The number of aromatic nitrogens is 2. The van der Waals surface area contributed by atoms with Crippen molar-refractivity contribution in [3.8, 4) is 5.75 Å². The Morgan fingerprint density at radius 1 is 1.33 bits per heavy atom. The molecule has 1 N–H and O–H groups in total. The van der Waals surface area contributed by atoms with Gasteiger partial charge in [0.2, 0.25) is 0 Å². The van der Waals surface area contributed by atoms with Crippen molar-refractivity contribution in [2.45, 2.75) is 32.3 Å². The summed E-state index contributed by atoms with van der Waals surface area (Å²) in [6.07, 6.45) is 6.86. The Hall–Kier alpha value is -1.16. The van der Waals surface area contributed by atoms with E-state index in [1.165, 1.54) is 0 Å². The summed E-state index contributed by atoms with van der Waals surface area (Å²) in [4.78, 5) is 8.42. The standard InChI is InChI=1S/C11H17N3O/c1-2-11-13-7-10(8-14-11)15-9-3-5-12-6-4-9/h7-9,12H,2-6H2,1H3. The minimum Gasteiger partial charge on any atom is -0.487 e. The third-order valence-corrected chi connectivity index (χ3v) is 2.59. The summed E-state index contributed by atoms with van der Waals surface area (Å²) in [7, 11) is 0. The Labute approximate surface area is 90.1 Å². The molecule has 2 heterocycles. The number of nitrogens with zero attached hydrogens (tertiary/aromatic N) is 2. The summed E-state index contributed by atoms with van der Waals surface area (Å²) < 4.78 is 5.79. The molecular weight excluding hydrogens is 190 g/mol. The fourth-order valence-corrected chi connectivity index (χ4v) is 1.69. The van der Waals surface area contributed by atoms with Gasteiger partial charge in [-0.1, -0.05) is 6.92 Å². The summed E-state index contributed by atoms with van der Waals surface area (Å²) in [5.74, 6) is 1.66. The topological polar surface area (TPSA) is 47.0 Å². The van der Waals surface area contributed by atoms with Crippen molar-refractivity contribution in [1.82, 2.24) is 15.3 Å². The van der Waals surface area contributed by atoms with Crippen molar-refractivity contribution >= 4 is 0 Å². The highest BCUT2D eigenvalue weighted by Crippen LogP contribution is 2.14. The zero-order valence-corrected chi connectivity index (χ0v) is 9.07. The molecule has 1 aliphatic rings. The number of nitrogens with one attached hydrogen (secondary N) is 1. The molecule has 0 spiro atoms. The molecule has 15 heavy (non-hydrogen) atoms. The Kier molecular flexibility index (Phi) is 3.50. The maximum atomic E-state index is 5.79. The molecule has 1 aromatic rings. The highest BCUT2D eigenvalue weighted by atomic mass is 16.5. The van der Waals surface area contributed by atoms with E-state index in [1.807, 2.05) is 6.92 Å². The highest BCUT2D eigenvalue weighted by molar-refractivity contribution is 5.12. The predicted molar refractivity (Wildman–Crippen MR) is 57.9 cm³/mol. The van der Waals surface area contributed by atoms with Crippen molar-refractivity contribution in [3.05, 3.63) is 18.2 Å². The van der Waals surface area contributed by atoms with E-state index in [-0.39, 0.29) is 0 Å². The average molecular weight is 207 g/mol. The summed E-state index contributed by atoms with van der Waals surface area (Å²) in [5, 5.41) is 3.31. The molecule has 0 amide bonds. The van der Waals surface area contributed by atoms with Crippen LogP contribution in [0, 0.1) is 0 Å². The maximum absolute atomic E-state index is 5.79. The number of hydrogen-bond donors (Lipinski definition) is 1. The van der Waals surface area contributed by atoms with E-state index in [4.69, 9.17) is 4.74 Å². The molecule has 1 saturated heterocycles. The summed E-state index contributed by atoms with van der Waals surface area (Å²) in [6, 6.07) is 0. The normalized spacial score (nSPS) is 17.7. The fourth-order valence-electron chi connectivity index (χ4n) is 1.69. The molecule has 4 heteroatoms. The average Bonchev–Trinajstić information content (AvgIpc) is 2.31. The first kappa shape index (κ1) is 10.4. The van der Waals surface area contributed by atoms with Crippen LogP contribution in [0.1, 0.15) is 25.6 Å². The maximum Gasteiger partial charge on any atom is 0.156 e. The van der Waals surface area contributed by atoms with E-state index < -0.39 is 0 Å². The lowest BCUT2D eigenvalue weighted by Gasteiger charge is -2.23. The van der Waals surface area contributed by atoms with Gasteiger partial charge in [0.25, 0.3) is 0 Å². The van der Waals surface area contributed by atoms with E-state index >= 15 is 0 Å². The van der Waals surface area contributed by atoms with Gasteiger partial charge in [0.1, 0.15) is 11.9 Å². The predicted octanol–water partition coefficient (Wildman–Crippen LogP) is 1.17. The van der Waals surface area contributed by atoms with E-state index in [1.54, 1.807) is 12.4 Å². The minimum absolute atomic E-state index is 0.322. The van der Waals surface area contributed by atoms with E-state index in [0.717, 1.165) is 43.9 Å². The first-order valence-corrected chi connectivity index (χ1v) is 5.57. The molecule has 0 atom stereocenters. The van der Waals surface area contributed by atoms with Gasteiger partial charge >= 0.3 is 0 Å². The number of ether oxygens (including phenoxy) is 1. The van der Waals surface area contributed by atoms with Crippen LogP contribution in [-0.2, 0) is 6.42 Å². The van der Waals surface area contributed by atoms with Crippen LogP contribution < -0.4 is 10.1 Å². The SMILES string of the molecule is CCc1ncc(OC2CCNCC2)cn1. The second kappa shape index (κ2) is 5.07. The number of rotatable bonds is 3. The van der Waals surface area contributed by atoms with Crippen LogP contribution in [0.4, 0.5) is 0 Å². The second-order valence-corrected chi connectivity index (χ2v) is 3.76. The van der Waals surface area contributed by atoms with E-state index in [2.05, 4.69) is 15.3 Å². The summed E-state index contributed by atoms with van der Waals surface area (Å²) in [5.41, 5.74) is 0. The third kappa shape index (κ3) is 2.89. The zero-order chi connectivity index (χ0) is 10.5. The molecule has 0 unspecified atom stereocenters. The lowest BCUT2D eigenvalue weighted by atomic mass is 10.1. The second-order valence-electron chi connectivity index (χ2n) is 3.76. The third-order valence-electron chi connectivity index (χ3n) is 2.59. The monoisotopic (exact) mass is 207 g/mol. The van der Waals surface area contributed by atoms with Gasteiger partial charge in [-0.05, 0) is 25.9 Å². The van der Waals surface area contributed by atoms with E-state index in [9.17, 15) is 0 Å². The molecule has 4 nitrogen and oxygen atoms in total. The van der Waals surface area contributed by atoms with Gasteiger partial charge in [-0.3, -0.25) is 0 Å². The van der Waals surface area contributed by atoms with Crippen LogP contribution in [0.3, 0.4) is 0 Å². The molecule has 2 rings (SSSR count). The molecule has 1 aliphatic heterocycles. The lowest BCUT2D eigenvalue weighted by Crippen LogP contribution is -2.34. The van der Waals surface area contributed by atoms with Crippen LogP contribution in [0.5, 0.6) is 5.75 Å². The minimum atomic E-state index is 0.322. The van der Waals surface area contributed by atoms with Crippen molar-refractivity contribution in [1.29, 1.82) is 0 Å². The van der Waals surface area contributed by atoms with Crippen molar-refractivity contribution in [2.75, 3.05) is 13.1 Å². The van der Waals surface area contributed by atoms with Gasteiger partial charge in [-0.15, -0.1) is 0 Å².